The van der Waals surface area contributed by atoms with E-state index < -0.39 is 35.5 Å². The molecule has 4 saturated heterocycles. The van der Waals surface area contributed by atoms with Crippen LogP contribution in [0.15, 0.2) is 18.2 Å². The van der Waals surface area contributed by atoms with E-state index in [1.807, 2.05) is 0 Å². The Morgan fingerprint density at radius 1 is 1.14 bits per heavy atom. The minimum Gasteiger partial charge on any atom is -0.486 e. The van der Waals surface area contributed by atoms with Gasteiger partial charge < -0.3 is 45.9 Å². The third-order valence-corrected chi connectivity index (χ3v) is 7.55. The molecule has 0 radical (unpaired) electrons. The quantitative estimate of drug-likeness (QED) is 0.148. The maximum Gasteiger partial charge on any atom is 0.255 e. The molecule has 2 unspecified atom stereocenters. The number of nitrogens with zero attached hydrogens (tertiary/aromatic N) is 2. The van der Waals surface area contributed by atoms with Crippen molar-refractivity contribution in [3.63, 3.8) is 0 Å². The van der Waals surface area contributed by atoms with Gasteiger partial charge in [0, 0.05) is 19.4 Å². The zero-order chi connectivity index (χ0) is 26.1. The molecule has 3 amide bonds. The lowest BCUT2D eigenvalue weighted by atomic mass is 9.84. The molecule has 4 fully saturated rings. The number of ether oxygens (including phenoxy) is 2. The molecule has 1 aromatic carbocycles. The van der Waals surface area contributed by atoms with Gasteiger partial charge in [-0.2, -0.15) is 0 Å². The molecule has 5 aliphatic heterocycles. The molecule has 5 heterocycles. The zero-order valence-electron chi connectivity index (χ0n) is 19.5. The molecule has 0 aliphatic carbocycles. The molecule has 8 N–H and O–H groups in total. The fourth-order valence-corrected chi connectivity index (χ4v) is 5.84. The lowest BCUT2D eigenvalue weighted by molar-refractivity contribution is -0.232. The number of rotatable bonds is 4. The number of hydrogen-bond donors (Lipinski definition) is 8. The standard InChI is InChI=1S/C22H26N8O7/c23-19-27-17-11(8-29-14(31)4-5-15(29)32)25-20(24)30-9-13(22(34,35)21(17,30)28-19)26-18(33)10-2-1-3-12-16(10)37-7-6-36-12/h1-3,11,13,17,34-35H,4-9H2,(H2,24,25)(H,26,33)(H3,23,27,28)/t11-,13?,17?,21+/m0/s1. The van der Waals surface area contributed by atoms with Crippen LogP contribution in [0, 0.1) is 10.8 Å². The predicted molar refractivity (Wildman–Crippen MR) is 124 cm³/mol. The summed E-state index contributed by atoms with van der Waals surface area (Å²) in [6.45, 7) is 0.269. The van der Waals surface area contributed by atoms with Crippen LogP contribution in [0.5, 0.6) is 11.5 Å². The summed E-state index contributed by atoms with van der Waals surface area (Å²) in [4.78, 5) is 40.1. The van der Waals surface area contributed by atoms with E-state index in [0.717, 1.165) is 4.90 Å². The summed E-state index contributed by atoms with van der Waals surface area (Å²) >= 11 is 0. The van der Waals surface area contributed by atoms with Gasteiger partial charge in [-0.15, -0.1) is 0 Å². The van der Waals surface area contributed by atoms with Crippen LogP contribution < -0.4 is 30.7 Å². The van der Waals surface area contributed by atoms with Gasteiger partial charge in [-0.1, -0.05) is 6.07 Å². The SMILES string of the molecule is N=C1NC2[C@H](CN3C(=O)CCC3=O)NC(=N)N3CC(NC(=O)c4cccc5c4OCCO5)C(O)(O)[C@@]23N1. The molecule has 6 rings (SSSR count). The van der Waals surface area contributed by atoms with Crippen molar-refractivity contribution in [2.24, 2.45) is 0 Å². The average molecular weight is 514 g/mol. The molecular weight excluding hydrogens is 488 g/mol. The third-order valence-electron chi connectivity index (χ3n) is 7.55. The van der Waals surface area contributed by atoms with E-state index in [4.69, 9.17) is 20.3 Å². The van der Waals surface area contributed by atoms with Gasteiger partial charge in [-0.3, -0.25) is 30.1 Å². The highest BCUT2D eigenvalue weighted by Gasteiger charge is 2.74. The summed E-state index contributed by atoms with van der Waals surface area (Å²) < 4.78 is 11.1. The van der Waals surface area contributed by atoms with Crippen LogP contribution in [0.4, 0.5) is 0 Å². The smallest absolute Gasteiger partial charge is 0.255 e. The number of guanidine groups is 2. The Bertz CT molecular complexity index is 1220. The molecule has 1 aromatic rings. The topological polar surface area (TPSA) is 212 Å². The largest absolute Gasteiger partial charge is 0.486 e. The summed E-state index contributed by atoms with van der Waals surface area (Å²) in [7, 11) is 0. The first-order chi connectivity index (χ1) is 17.6. The van der Waals surface area contributed by atoms with E-state index >= 15 is 0 Å². The van der Waals surface area contributed by atoms with Crippen LogP contribution in [0.1, 0.15) is 23.2 Å². The summed E-state index contributed by atoms with van der Waals surface area (Å²) in [5.41, 5.74) is -1.70. The minimum atomic E-state index is -2.69. The number of amides is 3. The number of carbonyl (C=O) groups excluding carboxylic acids is 3. The van der Waals surface area contributed by atoms with E-state index in [9.17, 15) is 24.6 Å². The molecule has 15 nitrogen and oxygen atoms in total. The fourth-order valence-electron chi connectivity index (χ4n) is 5.84. The second-order valence-corrected chi connectivity index (χ2v) is 9.58. The first-order valence-electron chi connectivity index (χ1n) is 11.9. The van der Waals surface area contributed by atoms with E-state index in [1.54, 1.807) is 12.1 Å². The number of carbonyl (C=O) groups is 3. The van der Waals surface area contributed by atoms with E-state index in [1.165, 1.54) is 11.0 Å². The van der Waals surface area contributed by atoms with Gasteiger partial charge in [0.05, 0.1) is 24.2 Å². The Morgan fingerprint density at radius 3 is 2.62 bits per heavy atom. The maximum absolute atomic E-state index is 13.3. The van der Waals surface area contributed by atoms with E-state index in [-0.39, 0.29) is 67.6 Å². The highest BCUT2D eigenvalue weighted by Crippen LogP contribution is 2.43. The summed E-state index contributed by atoms with van der Waals surface area (Å²) in [6, 6.07) is 1.71. The Balaban J connectivity index is 1.31. The number of imide groups is 1. The molecule has 0 aromatic heterocycles. The second kappa shape index (κ2) is 7.94. The Hall–Kier alpha value is -4.11. The van der Waals surface area contributed by atoms with Gasteiger partial charge in [-0.25, -0.2) is 0 Å². The zero-order valence-corrected chi connectivity index (χ0v) is 19.5. The Kier molecular flexibility index (Phi) is 5.00. The number of benzene rings is 1. The first-order valence-corrected chi connectivity index (χ1v) is 11.9. The molecule has 37 heavy (non-hydrogen) atoms. The Morgan fingerprint density at radius 2 is 1.86 bits per heavy atom. The van der Waals surface area contributed by atoms with Gasteiger partial charge in [-0.05, 0) is 12.1 Å². The lowest BCUT2D eigenvalue weighted by Gasteiger charge is -2.51. The lowest BCUT2D eigenvalue weighted by Crippen LogP contribution is -2.81. The number of likely N-dealkylation sites (tertiary alicyclic amines) is 1. The Labute approximate surface area is 210 Å². The highest BCUT2D eigenvalue weighted by molar-refractivity contribution is 6.02. The normalized spacial score (nSPS) is 31.4. The van der Waals surface area contributed by atoms with Crippen molar-refractivity contribution in [2.45, 2.75) is 42.4 Å². The molecule has 0 bridgehead atoms. The van der Waals surface area contributed by atoms with Crippen LogP contribution in [0.2, 0.25) is 0 Å². The van der Waals surface area contributed by atoms with Crippen molar-refractivity contribution in [2.75, 3.05) is 26.3 Å². The molecule has 15 heteroatoms. The molecule has 4 atom stereocenters. The van der Waals surface area contributed by atoms with Gasteiger partial charge in [0.2, 0.25) is 17.6 Å². The number of fused-ring (bicyclic) bond motifs is 1. The first kappa shape index (κ1) is 23.3. The summed E-state index contributed by atoms with van der Waals surface area (Å²) in [6.07, 6.45) is 0.171. The highest BCUT2D eigenvalue weighted by atomic mass is 16.6. The van der Waals surface area contributed by atoms with Crippen molar-refractivity contribution in [3.05, 3.63) is 23.8 Å². The fraction of sp³-hybridized carbons (Fsp3) is 0.500. The van der Waals surface area contributed by atoms with Gasteiger partial charge in [0.15, 0.2) is 29.1 Å². The van der Waals surface area contributed by atoms with Crippen molar-refractivity contribution < 1.29 is 34.1 Å². The maximum atomic E-state index is 13.3. The van der Waals surface area contributed by atoms with Crippen LogP contribution in [-0.4, -0.2) is 106 Å². The van der Waals surface area contributed by atoms with Crippen molar-refractivity contribution in [1.82, 2.24) is 31.1 Å². The van der Waals surface area contributed by atoms with Gasteiger partial charge in [0.1, 0.15) is 19.3 Å². The van der Waals surface area contributed by atoms with Crippen molar-refractivity contribution in [3.8, 4) is 11.5 Å². The summed E-state index contributed by atoms with van der Waals surface area (Å²) in [5.74, 6) is -3.86. The van der Waals surface area contributed by atoms with Crippen LogP contribution in [0.3, 0.4) is 0 Å². The number of nitrogens with one attached hydrogen (secondary N) is 6. The molecule has 196 valence electrons. The van der Waals surface area contributed by atoms with Crippen LogP contribution >= 0.6 is 0 Å². The predicted octanol–water partition coefficient (Wildman–Crippen LogP) is -3.20. The third kappa shape index (κ3) is 3.23. The average Bonchev–Trinajstić information content (AvgIpc) is 3.46. The molecule has 5 aliphatic rings. The van der Waals surface area contributed by atoms with Crippen LogP contribution in [0.25, 0.3) is 0 Å². The molecular formula is C22H26N8O7. The monoisotopic (exact) mass is 514 g/mol. The van der Waals surface area contributed by atoms with Gasteiger partial charge in [0.25, 0.3) is 5.91 Å². The van der Waals surface area contributed by atoms with E-state index in [2.05, 4.69) is 21.3 Å². The second-order valence-electron chi connectivity index (χ2n) is 9.58. The van der Waals surface area contributed by atoms with Gasteiger partial charge >= 0.3 is 0 Å². The molecule has 0 saturated carbocycles. The van der Waals surface area contributed by atoms with Crippen molar-refractivity contribution in [1.29, 1.82) is 10.8 Å². The minimum absolute atomic E-state index is 0.0857. The number of para-hydroxylation sites is 1. The number of hydrogen-bond acceptors (Lipinski definition) is 9. The van der Waals surface area contributed by atoms with Crippen molar-refractivity contribution >= 4 is 29.6 Å². The van der Waals surface area contributed by atoms with Crippen LogP contribution in [-0.2, 0) is 9.59 Å². The van der Waals surface area contributed by atoms with E-state index in [0.29, 0.717) is 12.4 Å². The molecule has 1 spiro atoms. The number of aliphatic hydroxyl groups is 2. The summed E-state index contributed by atoms with van der Waals surface area (Å²) in [5, 5.41) is 51.0.